The number of nitrogens with zero attached hydrogens (tertiary/aromatic N) is 1. The van der Waals surface area contributed by atoms with E-state index in [9.17, 15) is 9.18 Å². The van der Waals surface area contributed by atoms with Crippen LogP contribution < -0.4 is 0 Å². The van der Waals surface area contributed by atoms with Crippen LogP contribution in [0.5, 0.6) is 0 Å². The molecule has 1 aliphatic heterocycles. The molecule has 0 spiro atoms. The first-order valence-corrected chi connectivity index (χ1v) is 7.03. The number of hydrogen-bond donors (Lipinski definition) is 0. The second-order valence-electron chi connectivity index (χ2n) is 3.85. The SMILES string of the molecule is O=C1CSC(c2cccc(F)c2)N1CCCCl. The van der Waals surface area contributed by atoms with E-state index in [1.165, 1.54) is 23.9 Å². The van der Waals surface area contributed by atoms with Gasteiger partial charge in [-0.1, -0.05) is 12.1 Å². The lowest BCUT2D eigenvalue weighted by Gasteiger charge is -2.23. The van der Waals surface area contributed by atoms with Gasteiger partial charge in [-0.15, -0.1) is 23.4 Å². The third-order valence-electron chi connectivity index (χ3n) is 2.63. The van der Waals surface area contributed by atoms with Crippen LogP contribution in [0.1, 0.15) is 17.4 Å². The molecule has 0 N–H and O–H groups in total. The molecule has 1 aliphatic rings. The molecule has 1 aromatic carbocycles. The van der Waals surface area contributed by atoms with E-state index in [1.54, 1.807) is 11.0 Å². The zero-order valence-electron chi connectivity index (χ0n) is 9.23. The van der Waals surface area contributed by atoms with Crippen LogP contribution in [0.15, 0.2) is 24.3 Å². The third kappa shape index (κ3) is 2.93. The molecule has 1 unspecified atom stereocenters. The van der Waals surface area contributed by atoms with Crippen molar-refractivity contribution < 1.29 is 9.18 Å². The molecule has 0 radical (unpaired) electrons. The lowest BCUT2D eigenvalue weighted by atomic mass is 10.2. The van der Waals surface area contributed by atoms with Gasteiger partial charge in [-0.25, -0.2) is 4.39 Å². The van der Waals surface area contributed by atoms with Crippen LogP contribution >= 0.6 is 23.4 Å². The van der Waals surface area contributed by atoms with E-state index in [0.29, 0.717) is 18.2 Å². The van der Waals surface area contributed by atoms with Crippen LogP contribution in [-0.2, 0) is 4.79 Å². The van der Waals surface area contributed by atoms with Gasteiger partial charge in [-0.2, -0.15) is 0 Å². The Morgan fingerprint density at radius 1 is 1.53 bits per heavy atom. The van der Waals surface area contributed by atoms with Gasteiger partial charge in [0.25, 0.3) is 0 Å². The Balaban J connectivity index is 2.16. The number of carbonyl (C=O) groups is 1. The summed E-state index contributed by atoms with van der Waals surface area (Å²) in [4.78, 5) is 13.5. The first-order chi connectivity index (χ1) is 8.22. The van der Waals surface area contributed by atoms with Crippen molar-refractivity contribution in [3.05, 3.63) is 35.6 Å². The molecule has 1 saturated heterocycles. The molecule has 1 fully saturated rings. The Morgan fingerprint density at radius 2 is 2.35 bits per heavy atom. The maximum Gasteiger partial charge on any atom is 0.233 e. The number of rotatable bonds is 4. The van der Waals surface area contributed by atoms with Gasteiger partial charge in [0.05, 0.1) is 5.75 Å². The van der Waals surface area contributed by atoms with Crippen molar-refractivity contribution in [2.24, 2.45) is 0 Å². The molecule has 1 amide bonds. The monoisotopic (exact) mass is 273 g/mol. The van der Waals surface area contributed by atoms with E-state index in [0.717, 1.165) is 12.0 Å². The molecule has 92 valence electrons. The highest BCUT2D eigenvalue weighted by Crippen LogP contribution is 2.38. The zero-order chi connectivity index (χ0) is 12.3. The molecule has 2 nitrogen and oxygen atoms in total. The minimum atomic E-state index is -0.264. The van der Waals surface area contributed by atoms with Crippen molar-refractivity contribution in [2.75, 3.05) is 18.2 Å². The molecule has 0 bridgehead atoms. The molecule has 17 heavy (non-hydrogen) atoms. The van der Waals surface area contributed by atoms with Crippen molar-refractivity contribution in [3.8, 4) is 0 Å². The number of halogens is 2. The van der Waals surface area contributed by atoms with Gasteiger partial charge in [-0.3, -0.25) is 4.79 Å². The Hall–Kier alpha value is -0.740. The molecule has 0 saturated carbocycles. The van der Waals surface area contributed by atoms with Crippen LogP contribution in [0.4, 0.5) is 4.39 Å². The topological polar surface area (TPSA) is 20.3 Å². The number of carbonyl (C=O) groups excluding carboxylic acids is 1. The van der Waals surface area contributed by atoms with Gasteiger partial charge in [0.1, 0.15) is 11.2 Å². The van der Waals surface area contributed by atoms with E-state index in [1.807, 2.05) is 6.07 Å². The Kier molecular flexibility index (Phi) is 4.29. The second-order valence-corrected chi connectivity index (χ2v) is 5.29. The molecule has 2 rings (SSSR count). The Morgan fingerprint density at radius 3 is 3.06 bits per heavy atom. The fourth-order valence-electron chi connectivity index (χ4n) is 1.86. The predicted molar refractivity (Wildman–Crippen MR) is 68.6 cm³/mol. The van der Waals surface area contributed by atoms with Gasteiger partial charge in [0.15, 0.2) is 0 Å². The average molecular weight is 274 g/mol. The molecule has 1 atom stereocenters. The van der Waals surface area contributed by atoms with Crippen LogP contribution in [0.2, 0.25) is 0 Å². The minimum absolute atomic E-state index is 0.0681. The molecular formula is C12H13ClFNOS. The molecule has 1 heterocycles. The van der Waals surface area contributed by atoms with Gasteiger partial charge in [-0.05, 0) is 24.1 Å². The molecule has 5 heteroatoms. The molecular weight excluding hydrogens is 261 g/mol. The third-order valence-corrected chi connectivity index (χ3v) is 4.16. The Labute approximate surface area is 109 Å². The first-order valence-electron chi connectivity index (χ1n) is 5.45. The summed E-state index contributed by atoms with van der Waals surface area (Å²) in [6, 6.07) is 6.43. The summed E-state index contributed by atoms with van der Waals surface area (Å²) in [5.41, 5.74) is 0.843. The summed E-state index contributed by atoms with van der Waals surface area (Å²) in [6.45, 7) is 0.635. The molecule has 0 aliphatic carbocycles. The summed E-state index contributed by atoms with van der Waals surface area (Å²) in [5.74, 6) is 0.836. The van der Waals surface area contributed by atoms with Gasteiger partial charge >= 0.3 is 0 Å². The summed E-state index contributed by atoms with van der Waals surface area (Å²) in [7, 11) is 0. The van der Waals surface area contributed by atoms with E-state index in [4.69, 9.17) is 11.6 Å². The van der Waals surface area contributed by atoms with Crippen molar-refractivity contribution in [1.29, 1.82) is 0 Å². The lowest BCUT2D eigenvalue weighted by Crippen LogP contribution is -2.29. The van der Waals surface area contributed by atoms with Gasteiger partial charge in [0.2, 0.25) is 5.91 Å². The lowest BCUT2D eigenvalue weighted by molar-refractivity contribution is -0.128. The fraction of sp³-hybridized carbons (Fsp3) is 0.417. The number of benzene rings is 1. The first kappa shape index (κ1) is 12.7. The second kappa shape index (κ2) is 5.74. The van der Waals surface area contributed by atoms with Crippen LogP contribution in [0.25, 0.3) is 0 Å². The predicted octanol–water partition coefficient (Wildman–Crippen LogP) is 3.03. The smallest absolute Gasteiger partial charge is 0.233 e. The summed E-state index contributed by atoms with van der Waals surface area (Å²) in [6.07, 6.45) is 0.764. The standard InChI is InChI=1S/C12H13ClFNOS/c13-5-2-6-15-11(16)8-17-12(15)9-3-1-4-10(14)7-9/h1,3-4,7,12H,2,5-6,8H2. The van der Waals surface area contributed by atoms with Crippen molar-refractivity contribution in [2.45, 2.75) is 11.8 Å². The maximum atomic E-state index is 13.2. The van der Waals surface area contributed by atoms with Crippen molar-refractivity contribution in [1.82, 2.24) is 4.90 Å². The minimum Gasteiger partial charge on any atom is -0.326 e. The van der Waals surface area contributed by atoms with E-state index in [2.05, 4.69) is 0 Å². The van der Waals surface area contributed by atoms with E-state index >= 15 is 0 Å². The molecule has 1 aromatic rings. The summed E-state index contributed by atoms with van der Waals surface area (Å²) < 4.78 is 13.2. The molecule has 0 aromatic heterocycles. The van der Waals surface area contributed by atoms with Crippen molar-refractivity contribution >= 4 is 29.3 Å². The highest BCUT2D eigenvalue weighted by molar-refractivity contribution is 8.00. The number of hydrogen-bond acceptors (Lipinski definition) is 2. The summed E-state index contributed by atoms with van der Waals surface area (Å²) >= 11 is 7.18. The number of amides is 1. The highest BCUT2D eigenvalue weighted by atomic mass is 35.5. The number of thioether (sulfide) groups is 1. The quantitative estimate of drug-likeness (QED) is 0.786. The number of alkyl halides is 1. The van der Waals surface area contributed by atoms with Crippen LogP contribution in [0, 0.1) is 5.82 Å². The Bertz CT molecular complexity index is 415. The van der Waals surface area contributed by atoms with E-state index in [-0.39, 0.29) is 17.1 Å². The fourth-order valence-corrected chi connectivity index (χ4v) is 3.19. The summed E-state index contributed by atoms with van der Waals surface area (Å²) in [5, 5.41) is -0.0681. The largest absolute Gasteiger partial charge is 0.326 e. The highest BCUT2D eigenvalue weighted by Gasteiger charge is 2.32. The van der Waals surface area contributed by atoms with Gasteiger partial charge in [0, 0.05) is 12.4 Å². The van der Waals surface area contributed by atoms with Crippen LogP contribution in [0.3, 0.4) is 0 Å². The normalized spacial score (nSPS) is 20.0. The van der Waals surface area contributed by atoms with Crippen LogP contribution in [-0.4, -0.2) is 29.0 Å². The maximum absolute atomic E-state index is 13.2. The van der Waals surface area contributed by atoms with E-state index < -0.39 is 0 Å². The van der Waals surface area contributed by atoms with Crippen molar-refractivity contribution in [3.63, 3.8) is 0 Å². The van der Waals surface area contributed by atoms with Gasteiger partial charge < -0.3 is 4.90 Å². The zero-order valence-corrected chi connectivity index (χ0v) is 10.8. The average Bonchev–Trinajstić information content (AvgIpc) is 2.68.